The molecule has 1 aromatic rings. The summed E-state index contributed by atoms with van der Waals surface area (Å²) in [5, 5.41) is 7.51. The largest absolute Gasteiger partial charge is 0.193 e. The summed E-state index contributed by atoms with van der Waals surface area (Å²) in [7, 11) is 0. The second-order valence-electron chi connectivity index (χ2n) is 2.60. The number of hydrogen-bond acceptors (Lipinski definition) is 1. The van der Waals surface area contributed by atoms with Gasteiger partial charge in [-0.1, -0.05) is 30.8 Å². The van der Waals surface area contributed by atoms with Crippen LogP contribution in [0.4, 0.5) is 0 Å². The zero-order valence-electron chi connectivity index (χ0n) is 6.96. The van der Waals surface area contributed by atoms with Crippen LogP contribution >= 0.6 is 0 Å². The Morgan fingerprint density at radius 1 is 1.25 bits per heavy atom. The van der Waals surface area contributed by atoms with Crippen LogP contribution in [0.15, 0.2) is 36.9 Å². The maximum atomic E-state index is 7.51. The van der Waals surface area contributed by atoms with Gasteiger partial charge in [0.15, 0.2) is 0 Å². The van der Waals surface area contributed by atoms with E-state index in [-0.39, 0.29) is 0 Å². The molecule has 1 heteroatoms. The topological polar surface area (TPSA) is 23.8 Å². The van der Waals surface area contributed by atoms with E-state index in [1.165, 1.54) is 18.9 Å². The summed E-state index contributed by atoms with van der Waals surface area (Å²) < 4.78 is 0. The third-order valence-corrected chi connectivity index (χ3v) is 1.87. The second kappa shape index (κ2) is 4.35. The molecule has 12 heavy (non-hydrogen) atoms. The van der Waals surface area contributed by atoms with E-state index in [0.29, 0.717) is 0 Å². The Bertz CT molecular complexity index is 284. The van der Waals surface area contributed by atoms with Crippen LogP contribution < -0.4 is 0 Å². The fourth-order valence-electron chi connectivity index (χ4n) is 1.14. The maximum Gasteiger partial charge on any atom is 0.0905 e. The minimum atomic E-state index is 1.18. The molecule has 0 radical (unpaired) electrons. The Hall–Kier alpha value is -1.55. The summed E-state index contributed by atoms with van der Waals surface area (Å²) in [6.07, 6.45) is 3.78. The molecular weight excluding hydrogens is 146 g/mol. The molecule has 1 nitrogen and oxygen atoms in total. The molecule has 2 rings (SSSR count). The summed E-state index contributed by atoms with van der Waals surface area (Å²) in [4.78, 5) is 0. The van der Waals surface area contributed by atoms with Crippen LogP contribution in [0.3, 0.4) is 0 Å². The summed E-state index contributed by atoms with van der Waals surface area (Å²) in [5.74, 6) is 0. The van der Waals surface area contributed by atoms with Gasteiger partial charge in [-0.25, -0.2) is 0 Å². The standard InChI is InChI=1S/C8H8.C3H3N/c1-2-4-8-6-5-7(8)3-1;1-2-3-4/h1-4H,5-6H2;2H,1H2. The van der Waals surface area contributed by atoms with Gasteiger partial charge in [0.05, 0.1) is 6.07 Å². The average Bonchev–Trinajstić information content (AvgIpc) is 2.08. The number of allylic oxidation sites excluding steroid dienone is 1. The highest BCUT2D eigenvalue weighted by Gasteiger charge is 2.09. The Morgan fingerprint density at radius 2 is 1.67 bits per heavy atom. The van der Waals surface area contributed by atoms with Crippen LogP contribution in [-0.4, -0.2) is 0 Å². The number of nitriles is 1. The van der Waals surface area contributed by atoms with Gasteiger partial charge in [-0.05, 0) is 24.0 Å². The van der Waals surface area contributed by atoms with E-state index in [1.54, 1.807) is 17.2 Å². The van der Waals surface area contributed by atoms with Gasteiger partial charge in [-0.2, -0.15) is 5.26 Å². The second-order valence-corrected chi connectivity index (χ2v) is 2.60. The van der Waals surface area contributed by atoms with E-state index in [9.17, 15) is 0 Å². The summed E-state index contributed by atoms with van der Waals surface area (Å²) in [6.45, 7) is 3.12. The highest BCUT2D eigenvalue weighted by Crippen LogP contribution is 2.20. The van der Waals surface area contributed by atoms with E-state index < -0.39 is 0 Å². The summed E-state index contributed by atoms with van der Waals surface area (Å²) >= 11 is 0. The quantitative estimate of drug-likeness (QED) is 0.531. The monoisotopic (exact) mass is 157 g/mol. The first-order chi connectivity index (χ1) is 5.88. The highest BCUT2D eigenvalue weighted by molar-refractivity contribution is 5.34. The van der Waals surface area contributed by atoms with Crippen LogP contribution in [0, 0.1) is 11.3 Å². The van der Waals surface area contributed by atoms with Crippen molar-refractivity contribution in [2.45, 2.75) is 12.8 Å². The SMILES string of the molecule is C=CC#N.c1ccc2c(c1)CC2. The molecule has 1 aliphatic rings. The van der Waals surface area contributed by atoms with Gasteiger partial charge in [0.25, 0.3) is 0 Å². The molecule has 0 aromatic heterocycles. The van der Waals surface area contributed by atoms with E-state index in [1.807, 2.05) is 0 Å². The number of nitrogens with zero attached hydrogens (tertiary/aromatic N) is 1. The molecule has 0 N–H and O–H groups in total. The van der Waals surface area contributed by atoms with E-state index in [4.69, 9.17) is 5.26 Å². The fraction of sp³-hybridized carbons (Fsp3) is 0.182. The van der Waals surface area contributed by atoms with Crippen LogP contribution in [0.2, 0.25) is 0 Å². The van der Waals surface area contributed by atoms with Crippen molar-refractivity contribution in [1.82, 2.24) is 0 Å². The molecule has 0 saturated carbocycles. The Labute approximate surface area is 73.0 Å². The van der Waals surface area contributed by atoms with Crippen molar-refractivity contribution in [3.8, 4) is 6.07 Å². The molecule has 1 aromatic carbocycles. The van der Waals surface area contributed by atoms with E-state index >= 15 is 0 Å². The molecular formula is C11H11N. The van der Waals surface area contributed by atoms with Gasteiger partial charge in [-0.15, -0.1) is 0 Å². The first-order valence-electron chi connectivity index (χ1n) is 3.95. The van der Waals surface area contributed by atoms with Gasteiger partial charge >= 0.3 is 0 Å². The van der Waals surface area contributed by atoms with E-state index in [2.05, 4.69) is 30.8 Å². The number of aryl methyl sites for hydroxylation is 2. The molecule has 0 amide bonds. The lowest BCUT2D eigenvalue weighted by Crippen LogP contribution is -2.06. The van der Waals surface area contributed by atoms with Crippen molar-refractivity contribution in [3.05, 3.63) is 48.0 Å². The fourth-order valence-corrected chi connectivity index (χ4v) is 1.14. The normalized spacial score (nSPS) is 10.9. The predicted octanol–water partition coefficient (Wildman–Crippen LogP) is 2.48. The number of hydrogen-bond donors (Lipinski definition) is 0. The zero-order chi connectivity index (χ0) is 8.81. The van der Waals surface area contributed by atoms with Gasteiger partial charge in [0.2, 0.25) is 0 Å². The third-order valence-electron chi connectivity index (χ3n) is 1.87. The summed E-state index contributed by atoms with van der Waals surface area (Å²) in [6, 6.07) is 10.3. The molecule has 60 valence electrons. The predicted molar refractivity (Wildman–Crippen MR) is 49.7 cm³/mol. The van der Waals surface area contributed by atoms with Crippen LogP contribution in [0.5, 0.6) is 0 Å². The lowest BCUT2D eigenvalue weighted by Gasteiger charge is -2.16. The van der Waals surface area contributed by atoms with Crippen molar-refractivity contribution in [2.75, 3.05) is 0 Å². The van der Waals surface area contributed by atoms with Gasteiger partial charge in [-0.3, -0.25) is 0 Å². The van der Waals surface area contributed by atoms with Gasteiger partial charge in [0.1, 0.15) is 0 Å². The zero-order valence-corrected chi connectivity index (χ0v) is 6.96. The Kier molecular flexibility index (Phi) is 3.10. The Morgan fingerprint density at radius 3 is 1.83 bits per heavy atom. The number of benzene rings is 1. The van der Waals surface area contributed by atoms with Crippen molar-refractivity contribution in [3.63, 3.8) is 0 Å². The minimum Gasteiger partial charge on any atom is -0.193 e. The first-order valence-corrected chi connectivity index (χ1v) is 3.95. The lowest BCUT2D eigenvalue weighted by molar-refractivity contribution is 0.839. The molecule has 0 saturated heterocycles. The smallest absolute Gasteiger partial charge is 0.0905 e. The van der Waals surface area contributed by atoms with Crippen molar-refractivity contribution in [1.29, 1.82) is 5.26 Å². The molecule has 0 aliphatic heterocycles. The minimum absolute atomic E-state index is 1.18. The van der Waals surface area contributed by atoms with Crippen molar-refractivity contribution < 1.29 is 0 Å². The number of rotatable bonds is 0. The molecule has 0 bridgehead atoms. The lowest BCUT2D eigenvalue weighted by atomic mass is 9.89. The van der Waals surface area contributed by atoms with Crippen molar-refractivity contribution >= 4 is 0 Å². The molecule has 0 atom stereocenters. The Balaban J connectivity index is 0.000000157. The van der Waals surface area contributed by atoms with E-state index in [0.717, 1.165) is 0 Å². The highest BCUT2D eigenvalue weighted by atomic mass is 14.2. The van der Waals surface area contributed by atoms with Crippen LogP contribution in [0.25, 0.3) is 0 Å². The van der Waals surface area contributed by atoms with Crippen molar-refractivity contribution in [2.24, 2.45) is 0 Å². The summed E-state index contributed by atoms with van der Waals surface area (Å²) in [5.41, 5.74) is 3.10. The third kappa shape index (κ3) is 1.96. The van der Waals surface area contributed by atoms with Crippen LogP contribution in [0.1, 0.15) is 11.1 Å². The molecule has 1 aliphatic carbocycles. The maximum absolute atomic E-state index is 7.51. The number of fused-ring (bicyclic) bond motifs is 1. The van der Waals surface area contributed by atoms with Gasteiger partial charge in [0, 0.05) is 6.08 Å². The molecule has 0 fully saturated rings. The first kappa shape index (κ1) is 8.55. The van der Waals surface area contributed by atoms with Gasteiger partial charge < -0.3 is 0 Å². The molecule has 0 spiro atoms. The average molecular weight is 157 g/mol. The van der Waals surface area contributed by atoms with Crippen LogP contribution in [-0.2, 0) is 12.8 Å². The molecule has 0 heterocycles. The molecule has 0 unspecified atom stereocenters.